The lowest BCUT2D eigenvalue weighted by Gasteiger charge is -2.31. The topological polar surface area (TPSA) is 87.5 Å². The van der Waals surface area contributed by atoms with Gasteiger partial charge in [-0.15, -0.1) is 0 Å². The molecule has 2 aromatic rings. The monoisotopic (exact) mass is 523 g/mol. The fourth-order valence-corrected chi connectivity index (χ4v) is 4.81. The Hall–Kier alpha value is -2.37. The van der Waals surface area contributed by atoms with E-state index in [9.17, 15) is 5.11 Å². The summed E-state index contributed by atoms with van der Waals surface area (Å²) in [6, 6.07) is 19.3. The highest BCUT2D eigenvalue weighted by atomic mass is 16.5. The number of nitrogens with zero attached hydrogens (tertiary/aromatic N) is 3. The van der Waals surface area contributed by atoms with Crippen LogP contribution in [0.25, 0.3) is 10.4 Å². The number of ether oxygens (including phenoxy) is 2. The first-order chi connectivity index (χ1) is 18.8. The molecule has 0 aliphatic carbocycles. The van der Waals surface area contributed by atoms with E-state index >= 15 is 0 Å². The van der Waals surface area contributed by atoms with Gasteiger partial charge < -0.3 is 14.6 Å². The highest BCUT2D eigenvalue weighted by Gasteiger charge is 2.30. The van der Waals surface area contributed by atoms with Crippen LogP contribution >= 0.6 is 0 Å². The Labute approximate surface area is 230 Å². The second-order valence-electron chi connectivity index (χ2n) is 10.2. The summed E-state index contributed by atoms with van der Waals surface area (Å²) in [6.45, 7) is 2.80. The van der Waals surface area contributed by atoms with E-state index in [2.05, 4.69) is 16.9 Å². The van der Waals surface area contributed by atoms with Crippen molar-refractivity contribution in [3.05, 3.63) is 82.2 Å². The molecule has 0 saturated carbocycles. The molecule has 0 unspecified atom stereocenters. The molecule has 0 aliphatic rings. The van der Waals surface area contributed by atoms with Crippen molar-refractivity contribution < 1.29 is 14.6 Å². The molecule has 0 heterocycles. The molecule has 0 saturated heterocycles. The van der Waals surface area contributed by atoms with E-state index in [4.69, 9.17) is 15.0 Å². The second kappa shape index (κ2) is 21.6. The predicted octanol–water partition coefficient (Wildman–Crippen LogP) is 8.92. The highest BCUT2D eigenvalue weighted by Crippen LogP contribution is 2.22. The first-order valence-corrected chi connectivity index (χ1v) is 14.7. The number of aliphatic hydroxyl groups is 1. The summed E-state index contributed by atoms with van der Waals surface area (Å²) in [4.78, 5) is 2.98. The average Bonchev–Trinajstić information content (AvgIpc) is 2.96. The van der Waals surface area contributed by atoms with Crippen LogP contribution in [0.3, 0.4) is 0 Å². The van der Waals surface area contributed by atoms with Crippen molar-refractivity contribution in [2.24, 2.45) is 5.11 Å². The molecule has 0 radical (unpaired) electrons. The lowest BCUT2D eigenvalue weighted by atomic mass is 9.99. The molecule has 3 atom stereocenters. The van der Waals surface area contributed by atoms with E-state index in [0.717, 1.165) is 30.4 Å². The molecule has 0 fully saturated rings. The summed E-state index contributed by atoms with van der Waals surface area (Å²) < 4.78 is 12.7. The van der Waals surface area contributed by atoms with Gasteiger partial charge in [-0.05, 0) is 23.1 Å². The third-order valence-electron chi connectivity index (χ3n) is 7.07. The Morgan fingerprint density at radius 1 is 0.711 bits per heavy atom. The molecule has 0 spiro atoms. The zero-order valence-corrected chi connectivity index (χ0v) is 23.4. The third kappa shape index (κ3) is 14.0. The number of unbranched alkanes of at least 4 members (excludes halogenated alkanes) is 11. The lowest BCUT2D eigenvalue weighted by Crippen LogP contribution is -2.42. The van der Waals surface area contributed by atoms with Crippen LogP contribution < -0.4 is 0 Å². The van der Waals surface area contributed by atoms with Gasteiger partial charge in [0.25, 0.3) is 0 Å². The Morgan fingerprint density at radius 3 is 1.66 bits per heavy atom. The molecule has 0 aromatic heterocycles. The second-order valence-corrected chi connectivity index (χ2v) is 10.2. The SMILES string of the molecule is CCCCCCCCCCCCCC[C@@H](OCc1ccccc1)[C@@H](OCc1ccccc1)[C@H](CO)N=[N+]=[N-]. The maximum atomic E-state index is 10.0. The fourth-order valence-electron chi connectivity index (χ4n) is 4.81. The summed E-state index contributed by atoms with van der Waals surface area (Å²) in [5.41, 5.74) is 11.2. The summed E-state index contributed by atoms with van der Waals surface area (Å²) in [6.07, 6.45) is 15.5. The van der Waals surface area contributed by atoms with Crippen LogP contribution in [0.5, 0.6) is 0 Å². The summed E-state index contributed by atoms with van der Waals surface area (Å²) in [5.74, 6) is 0. The van der Waals surface area contributed by atoms with Gasteiger partial charge in [0.15, 0.2) is 0 Å². The van der Waals surface area contributed by atoms with Crippen LogP contribution in [-0.4, -0.2) is 30.0 Å². The number of benzene rings is 2. The molecule has 0 aliphatic heterocycles. The van der Waals surface area contributed by atoms with E-state index in [1.165, 1.54) is 64.2 Å². The van der Waals surface area contributed by atoms with Crippen molar-refractivity contribution >= 4 is 0 Å². The van der Waals surface area contributed by atoms with Crippen LogP contribution in [0, 0.1) is 0 Å². The van der Waals surface area contributed by atoms with Gasteiger partial charge in [-0.3, -0.25) is 0 Å². The van der Waals surface area contributed by atoms with Gasteiger partial charge in [0.2, 0.25) is 0 Å². The van der Waals surface area contributed by atoms with Crippen molar-refractivity contribution in [3.63, 3.8) is 0 Å². The van der Waals surface area contributed by atoms with Gasteiger partial charge in [0, 0.05) is 4.91 Å². The Kier molecular flexibility index (Phi) is 18.1. The van der Waals surface area contributed by atoms with Crippen molar-refractivity contribution in [1.29, 1.82) is 0 Å². The number of azide groups is 1. The van der Waals surface area contributed by atoms with Gasteiger partial charge in [-0.25, -0.2) is 0 Å². The smallest absolute Gasteiger partial charge is 0.0948 e. The largest absolute Gasteiger partial charge is 0.396 e. The molecule has 6 nitrogen and oxygen atoms in total. The van der Waals surface area contributed by atoms with Crippen molar-refractivity contribution in [2.75, 3.05) is 6.61 Å². The predicted molar refractivity (Wildman–Crippen MR) is 156 cm³/mol. The first-order valence-electron chi connectivity index (χ1n) is 14.7. The first kappa shape index (κ1) is 31.8. The lowest BCUT2D eigenvalue weighted by molar-refractivity contribution is -0.104. The van der Waals surface area contributed by atoms with Gasteiger partial charge >= 0.3 is 0 Å². The van der Waals surface area contributed by atoms with Crippen LogP contribution in [0.1, 0.15) is 102 Å². The Morgan fingerprint density at radius 2 is 1.18 bits per heavy atom. The number of aliphatic hydroxyl groups excluding tert-OH is 1. The van der Waals surface area contributed by atoms with Gasteiger partial charge in [-0.1, -0.05) is 150 Å². The van der Waals surface area contributed by atoms with E-state index in [1.54, 1.807) is 0 Å². The third-order valence-corrected chi connectivity index (χ3v) is 7.07. The average molecular weight is 524 g/mol. The van der Waals surface area contributed by atoms with E-state index in [0.29, 0.717) is 13.2 Å². The molecule has 0 amide bonds. The molecule has 2 rings (SSSR count). The van der Waals surface area contributed by atoms with Gasteiger partial charge in [0.05, 0.1) is 38.1 Å². The summed E-state index contributed by atoms with van der Waals surface area (Å²) >= 11 is 0. The van der Waals surface area contributed by atoms with E-state index in [-0.39, 0.29) is 12.7 Å². The zero-order chi connectivity index (χ0) is 27.1. The molecular weight excluding hydrogens is 474 g/mol. The van der Waals surface area contributed by atoms with Crippen LogP contribution in [0.4, 0.5) is 0 Å². The minimum Gasteiger partial charge on any atom is -0.396 e. The van der Waals surface area contributed by atoms with Gasteiger partial charge in [-0.2, -0.15) is 0 Å². The maximum Gasteiger partial charge on any atom is 0.0948 e. The van der Waals surface area contributed by atoms with E-state index < -0.39 is 12.1 Å². The Bertz CT molecular complexity index is 859. The quantitative estimate of drug-likeness (QED) is 0.0682. The minimum absolute atomic E-state index is 0.285. The standard InChI is InChI=1S/C32H49N3O3/c1-2-3-4-5-6-7-8-9-10-11-12-19-24-31(37-26-28-20-15-13-16-21-28)32(30(25-36)34-35-33)38-27-29-22-17-14-18-23-29/h13-18,20-23,30-32,36H,2-12,19,24-27H2,1H3/t30-,31+,32-/m0/s1. The normalized spacial score (nSPS) is 13.5. The van der Waals surface area contributed by atoms with Gasteiger partial charge in [0.1, 0.15) is 0 Å². The summed E-state index contributed by atoms with van der Waals surface area (Å²) in [5, 5.41) is 13.9. The molecule has 2 aromatic carbocycles. The van der Waals surface area contributed by atoms with Crippen molar-refractivity contribution in [1.82, 2.24) is 0 Å². The number of hydrogen-bond acceptors (Lipinski definition) is 4. The molecule has 0 bridgehead atoms. The Balaban J connectivity index is 1.89. The molecule has 1 N–H and O–H groups in total. The minimum atomic E-state index is -0.707. The fraction of sp³-hybridized carbons (Fsp3) is 0.625. The highest BCUT2D eigenvalue weighted by molar-refractivity contribution is 5.14. The van der Waals surface area contributed by atoms with Crippen LogP contribution in [-0.2, 0) is 22.7 Å². The maximum absolute atomic E-state index is 10.0. The van der Waals surface area contributed by atoms with Crippen LogP contribution in [0.15, 0.2) is 65.8 Å². The molecule has 38 heavy (non-hydrogen) atoms. The van der Waals surface area contributed by atoms with Crippen LogP contribution in [0.2, 0.25) is 0 Å². The van der Waals surface area contributed by atoms with Crippen molar-refractivity contribution in [3.8, 4) is 0 Å². The molecule has 6 heteroatoms. The number of rotatable bonds is 23. The summed E-state index contributed by atoms with van der Waals surface area (Å²) in [7, 11) is 0. The molecular formula is C32H49N3O3. The van der Waals surface area contributed by atoms with E-state index in [1.807, 2.05) is 60.7 Å². The van der Waals surface area contributed by atoms with Crippen molar-refractivity contribution in [2.45, 2.75) is 122 Å². The molecule has 210 valence electrons. The number of hydrogen-bond donors (Lipinski definition) is 1. The zero-order valence-electron chi connectivity index (χ0n) is 23.4.